The summed E-state index contributed by atoms with van der Waals surface area (Å²) in [7, 11) is -3.90. The van der Waals surface area contributed by atoms with E-state index in [2.05, 4.69) is 29.0 Å². The molecule has 0 saturated carbocycles. The Bertz CT molecular complexity index is 1780. The van der Waals surface area contributed by atoms with Gasteiger partial charge in [-0.25, -0.2) is 8.42 Å². The normalized spacial score (nSPS) is 33.9. The van der Waals surface area contributed by atoms with Crippen LogP contribution in [0, 0.1) is 23.7 Å². The van der Waals surface area contributed by atoms with Crippen LogP contribution in [0.15, 0.2) is 35.2 Å². The van der Waals surface area contributed by atoms with E-state index in [1.165, 1.54) is 0 Å². The quantitative estimate of drug-likeness (QED) is 0.148. The molecule has 0 bridgehead atoms. The van der Waals surface area contributed by atoms with Crippen LogP contribution in [0.1, 0.15) is 35.1 Å². The number of rotatable bonds is 3. The van der Waals surface area contributed by atoms with Crippen molar-refractivity contribution >= 4 is 9.84 Å². The van der Waals surface area contributed by atoms with Crippen LogP contribution in [0.25, 0.3) is 11.1 Å². The fourth-order valence-corrected chi connectivity index (χ4v) is 8.47. The minimum absolute atomic E-state index is 0.0316. The Hall–Kier alpha value is -2.93. The Morgan fingerprint density at radius 2 is 1.31 bits per heavy atom. The van der Waals surface area contributed by atoms with Crippen LogP contribution in [0.4, 0.5) is 0 Å². The van der Waals surface area contributed by atoms with Gasteiger partial charge in [-0.05, 0) is 66.4 Å². The molecule has 48 heavy (non-hydrogen) atoms. The molecular formula is C34H39NO12S. The van der Waals surface area contributed by atoms with Crippen LogP contribution >= 0.6 is 0 Å². The van der Waals surface area contributed by atoms with Gasteiger partial charge in [-0.3, -0.25) is 0 Å². The molecule has 0 radical (unpaired) electrons. The van der Waals surface area contributed by atoms with Gasteiger partial charge in [0.1, 0.15) is 61.0 Å². The number of nitrogens with one attached hydrogen (secondary N) is 1. The molecule has 6 rings (SSSR count). The molecule has 3 aliphatic heterocycles. The van der Waals surface area contributed by atoms with Gasteiger partial charge in [-0.1, -0.05) is 35.8 Å². The number of aliphatic hydroxyl groups is 8. The van der Waals surface area contributed by atoms with Crippen LogP contribution < -0.4 is 5.32 Å². The number of benzene rings is 2. The lowest BCUT2D eigenvalue weighted by molar-refractivity contribution is -0.214. The maximum absolute atomic E-state index is 13.6. The first-order chi connectivity index (χ1) is 22.8. The first kappa shape index (κ1) is 34.9. The predicted molar refractivity (Wildman–Crippen MR) is 169 cm³/mol. The van der Waals surface area contributed by atoms with Crippen molar-refractivity contribution in [2.24, 2.45) is 0 Å². The molecule has 0 amide bonds. The number of piperidine rings is 1. The van der Waals surface area contributed by atoms with Crippen molar-refractivity contribution < 1.29 is 58.7 Å². The smallest absolute Gasteiger partial charge is 0.177 e. The van der Waals surface area contributed by atoms with E-state index in [9.17, 15) is 49.3 Å². The van der Waals surface area contributed by atoms with Crippen LogP contribution in [-0.4, -0.2) is 143 Å². The van der Waals surface area contributed by atoms with Crippen molar-refractivity contribution in [3.05, 3.63) is 52.6 Å². The summed E-state index contributed by atoms with van der Waals surface area (Å²) in [5.41, 5.74) is 2.98. The molecule has 3 saturated heterocycles. The Kier molecular flexibility index (Phi) is 9.76. The van der Waals surface area contributed by atoms with Crippen LogP contribution in [0.3, 0.4) is 0 Å². The average Bonchev–Trinajstić information content (AvgIpc) is 3.33. The van der Waals surface area contributed by atoms with E-state index in [0.717, 1.165) is 22.9 Å². The number of aliphatic hydroxyl groups excluding tert-OH is 8. The molecule has 3 fully saturated rings. The lowest BCUT2D eigenvalue weighted by atomic mass is 9.71. The molecule has 14 heteroatoms. The summed E-state index contributed by atoms with van der Waals surface area (Å²) in [6.07, 6.45) is -11.9. The highest BCUT2D eigenvalue weighted by molar-refractivity contribution is 7.90. The van der Waals surface area contributed by atoms with Crippen molar-refractivity contribution in [1.82, 2.24) is 5.32 Å². The lowest BCUT2D eigenvalue weighted by Gasteiger charge is -2.38. The molecule has 0 unspecified atom stereocenters. The fraction of sp³-hybridized carbons (Fsp3) is 0.529. The van der Waals surface area contributed by atoms with Crippen molar-refractivity contribution in [3.8, 4) is 34.8 Å². The van der Waals surface area contributed by atoms with E-state index in [-0.39, 0.29) is 10.5 Å². The second kappa shape index (κ2) is 13.4. The lowest BCUT2D eigenvalue weighted by Crippen LogP contribution is -2.58. The zero-order chi connectivity index (χ0) is 34.5. The largest absolute Gasteiger partial charge is 0.394 e. The van der Waals surface area contributed by atoms with E-state index >= 15 is 0 Å². The Morgan fingerprint density at radius 3 is 1.85 bits per heavy atom. The van der Waals surface area contributed by atoms with E-state index in [0.29, 0.717) is 37.1 Å². The third-order valence-electron chi connectivity index (χ3n) is 9.78. The highest BCUT2D eigenvalue weighted by Crippen LogP contribution is 2.56. The molecule has 2 aromatic rings. The summed E-state index contributed by atoms with van der Waals surface area (Å²) in [5, 5.41) is 84.0. The first-order valence-electron chi connectivity index (χ1n) is 15.7. The number of fused-ring (bicyclic) bond motifs is 5. The number of ether oxygens (including phenoxy) is 2. The highest BCUT2D eigenvalue weighted by Gasteiger charge is 2.48. The summed E-state index contributed by atoms with van der Waals surface area (Å²) in [6, 6.07) is 8.88. The maximum Gasteiger partial charge on any atom is 0.177 e. The third kappa shape index (κ3) is 5.96. The second-order valence-corrected chi connectivity index (χ2v) is 14.7. The standard InChI is InChI=1S/C34H39NO12S/c1-48(44,45)33-18(5-9-23-28(39)32(43)30(41)25(16-37)47-23)4-7-20-19-6-2-17(14-21(19)34(26(20)33)10-12-35-13-11-34)3-8-22-27(38)31(42)29(40)24(15-36)46-22/h2,4,6-7,14,22-25,27-32,35-43H,10-13,15-16H2,1H3/t22-,23-,24-,25-,27-,28-,29-,30-,31-,32-/m1/s1. The molecule has 0 aromatic heterocycles. The van der Waals surface area contributed by atoms with Crippen molar-refractivity contribution in [2.75, 3.05) is 32.6 Å². The fourth-order valence-electron chi connectivity index (χ4n) is 7.27. The molecule has 2 aromatic carbocycles. The van der Waals surface area contributed by atoms with Gasteiger partial charge in [0, 0.05) is 22.8 Å². The summed E-state index contributed by atoms with van der Waals surface area (Å²) < 4.78 is 38.2. The second-order valence-electron chi connectivity index (χ2n) is 12.8. The van der Waals surface area contributed by atoms with Gasteiger partial charge < -0.3 is 55.6 Å². The van der Waals surface area contributed by atoms with Crippen LogP contribution in [-0.2, 0) is 24.7 Å². The van der Waals surface area contributed by atoms with Crippen LogP contribution in [0.2, 0.25) is 0 Å². The van der Waals surface area contributed by atoms with E-state index in [1.54, 1.807) is 18.2 Å². The predicted octanol–water partition coefficient (Wildman–Crippen LogP) is -2.87. The molecule has 3 heterocycles. The average molecular weight is 686 g/mol. The SMILES string of the molecule is CS(=O)(=O)c1c(C#C[C@H]2O[C@H](CO)[C@@H](O)[C@H](O)[C@@H]2O)ccc2c1C1(CCNCC1)c1cc(C#C[C@H]3O[C@H](CO)[C@@H](O)[C@H](O)[C@@H]3O)ccc1-2. The Balaban J connectivity index is 1.43. The number of sulfone groups is 1. The third-order valence-corrected chi connectivity index (χ3v) is 10.9. The van der Waals surface area contributed by atoms with Crippen molar-refractivity contribution in [1.29, 1.82) is 0 Å². The zero-order valence-corrected chi connectivity index (χ0v) is 26.8. The molecule has 4 aliphatic rings. The van der Waals surface area contributed by atoms with E-state index in [4.69, 9.17) is 9.47 Å². The zero-order valence-electron chi connectivity index (χ0n) is 26.0. The summed E-state index contributed by atoms with van der Waals surface area (Å²) in [4.78, 5) is 0.0316. The monoisotopic (exact) mass is 685 g/mol. The van der Waals surface area contributed by atoms with Gasteiger partial charge in [-0.15, -0.1) is 0 Å². The molecule has 10 atom stereocenters. The summed E-state index contributed by atoms with van der Waals surface area (Å²) in [5.74, 6) is 11.3. The number of hydrogen-bond donors (Lipinski definition) is 9. The Morgan fingerprint density at radius 1 is 0.771 bits per heavy atom. The van der Waals surface area contributed by atoms with Gasteiger partial charge in [-0.2, -0.15) is 0 Å². The minimum Gasteiger partial charge on any atom is -0.394 e. The van der Waals surface area contributed by atoms with Gasteiger partial charge in [0.2, 0.25) is 0 Å². The van der Waals surface area contributed by atoms with Crippen molar-refractivity contribution in [2.45, 2.75) is 84.2 Å². The molecule has 1 aliphatic carbocycles. The summed E-state index contributed by atoms with van der Waals surface area (Å²) in [6.45, 7) is 0.00185. The van der Waals surface area contributed by atoms with Crippen LogP contribution in [0.5, 0.6) is 0 Å². The Labute approximate surface area is 277 Å². The minimum atomic E-state index is -3.90. The highest BCUT2D eigenvalue weighted by atomic mass is 32.2. The van der Waals surface area contributed by atoms with E-state index < -0.39 is 89.5 Å². The van der Waals surface area contributed by atoms with Gasteiger partial charge in [0.25, 0.3) is 0 Å². The van der Waals surface area contributed by atoms with E-state index in [1.807, 2.05) is 12.1 Å². The molecule has 13 nitrogen and oxygen atoms in total. The topological polar surface area (TPSA) is 226 Å². The van der Waals surface area contributed by atoms with Gasteiger partial charge in [0.15, 0.2) is 9.84 Å². The molecule has 9 N–H and O–H groups in total. The first-order valence-corrected chi connectivity index (χ1v) is 17.6. The summed E-state index contributed by atoms with van der Waals surface area (Å²) >= 11 is 0. The number of hydrogen-bond acceptors (Lipinski definition) is 13. The van der Waals surface area contributed by atoms with Gasteiger partial charge in [0.05, 0.1) is 18.1 Å². The molecule has 1 spiro atoms. The molecular weight excluding hydrogens is 646 g/mol. The molecule has 258 valence electrons. The van der Waals surface area contributed by atoms with Gasteiger partial charge >= 0.3 is 0 Å². The van der Waals surface area contributed by atoms with Crippen molar-refractivity contribution in [3.63, 3.8) is 0 Å². The maximum atomic E-state index is 13.6.